The van der Waals surface area contributed by atoms with Crippen LogP contribution >= 0.6 is 0 Å². The van der Waals surface area contributed by atoms with E-state index >= 15 is 0 Å². The number of hydrogen-bond donors (Lipinski definition) is 2. The third-order valence-electron chi connectivity index (χ3n) is 4.01. The maximum atomic E-state index is 6.05. The Balaban J connectivity index is 1.87. The van der Waals surface area contributed by atoms with Crippen LogP contribution in [0.2, 0.25) is 0 Å². The first kappa shape index (κ1) is 16.2. The van der Waals surface area contributed by atoms with Gasteiger partial charge >= 0.3 is 0 Å². The van der Waals surface area contributed by atoms with Crippen LogP contribution in [0.1, 0.15) is 26.7 Å². The molecule has 0 spiro atoms. The predicted octanol–water partition coefficient (Wildman–Crippen LogP) is 3.91. The van der Waals surface area contributed by atoms with Gasteiger partial charge in [0.1, 0.15) is 5.84 Å². The minimum atomic E-state index is 0.510. The van der Waals surface area contributed by atoms with E-state index in [0.717, 1.165) is 11.4 Å². The van der Waals surface area contributed by atoms with Gasteiger partial charge in [-0.05, 0) is 38.7 Å². The highest BCUT2D eigenvalue weighted by atomic mass is 15.1. The normalized spacial score (nSPS) is 15.4. The minimum absolute atomic E-state index is 0.510. The molecule has 0 atom stereocenters. The lowest BCUT2D eigenvalue weighted by molar-refractivity contribution is 1.01. The molecule has 0 bridgehead atoms. The summed E-state index contributed by atoms with van der Waals surface area (Å²) < 4.78 is 0. The molecule has 0 saturated heterocycles. The third-order valence-corrected chi connectivity index (χ3v) is 4.01. The molecule has 1 aromatic heterocycles. The lowest BCUT2D eigenvalue weighted by atomic mass is 10.2. The number of nitrogens with one attached hydrogen (secondary N) is 1. The quantitative estimate of drug-likeness (QED) is 0.646. The summed E-state index contributed by atoms with van der Waals surface area (Å²) in [6, 6.07) is 9.86. The fraction of sp³-hybridized carbons (Fsp3) is 0.316. The van der Waals surface area contributed by atoms with Gasteiger partial charge < -0.3 is 11.1 Å². The van der Waals surface area contributed by atoms with E-state index in [-0.39, 0.29) is 0 Å². The minimum Gasteiger partial charge on any atom is -0.394 e. The molecule has 2 aromatic rings. The zero-order chi connectivity index (χ0) is 16.9. The largest absolute Gasteiger partial charge is 0.394 e. The molecule has 0 radical (unpaired) electrons. The lowest BCUT2D eigenvalue weighted by Gasteiger charge is -2.11. The smallest absolute Gasteiger partial charge is 0.161 e. The van der Waals surface area contributed by atoms with E-state index in [1.165, 1.54) is 18.4 Å². The molecule has 1 saturated carbocycles. The van der Waals surface area contributed by atoms with Crippen molar-refractivity contribution in [2.24, 2.45) is 10.9 Å². The summed E-state index contributed by atoms with van der Waals surface area (Å²) in [6.45, 7) is 4.87. The van der Waals surface area contributed by atoms with Crippen LogP contribution in [0.3, 0.4) is 0 Å². The summed E-state index contributed by atoms with van der Waals surface area (Å²) in [5.41, 5.74) is 8.87. The molecule has 1 aliphatic carbocycles. The van der Waals surface area contributed by atoms with Crippen LogP contribution in [0.25, 0.3) is 11.4 Å². The van der Waals surface area contributed by atoms with Crippen molar-refractivity contribution in [2.45, 2.75) is 26.7 Å². The highest BCUT2D eigenvalue weighted by Crippen LogP contribution is 2.36. The first-order valence-corrected chi connectivity index (χ1v) is 8.35. The zero-order valence-electron chi connectivity index (χ0n) is 14.2. The summed E-state index contributed by atoms with van der Waals surface area (Å²) in [5.74, 6) is 2.74. The number of anilines is 2. The number of nitrogen functional groups attached to an aromatic ring is 1. The molecule has 0 amide bonds. The molecule has 1 aliphatic rings. The van der Waals surface area contributed by atoms with Crippen molar-refractivity contribution in [1.82, 2.24) is 9.97 Å². The van der Waals surface area contributed by atoms with Crippen molar-refractivity contribution in [3.63, 3.8) is 0 Å². The topological polar surface area (TPSA) is 76.2 Å². The molecule has 1 fully saturated rings. The summed E-state index contributed by atoms with van der Waals surface area (Å²) in [7, 11) is 0. The standard InChI is InChI=1S/C19H23N5/c1-3-21-17(11-13(2)14-9-10-14)23-19-16(20)12-22-18(24-19)15-7-5-4-6-8-15/h4-8,11-12,14H,3,9-10,20H2,1-2H3,(H,21,22,23,24)/b13-11+. The summed E-state index contributed by atoms with van der Waals surface area (Å²) in [6.07, 6.45) is 6.29. The van der Waals surface area contributed by atoms with E-state index in [9.17, 15) is 0 Å². The molecule has 0 aliphatic heterocycles. The van der Waals surface area contributed by atoms with E-state index in [1.54, 1.807) is 6.20 Å². The van der Waals surface area contributed by atoms with Crippen LogP contribution in [-0.2, 0) is 0 Å². The second-order valence-corrected chi connectivity index (χ2v) is 6.01. The maximum Gasteiger partial charge on any atom is 0.161 e. The number of allylic oxidation sites excluding steroid dienone is 1. The lowest BCUT2D eigenvalue weighted by Crippen LogP contribution is -2.14. The third kappa shape index (κ3) is 3.98. The molecule has 1 aromatic carbocycles. The van der Waals surface area contributed by atoms with Crippen molar-refractivity contribution >= 4 is 17.3 Å². The van der Waals surface area contributed by atoms with Crippen molar-refractivity contribution in [1.29, 1.82) is 0 Å². The number of hydrogen-bond acceptors (Lipinski definition) is 4. The zero-order valence-corrected chi connectivity index (χ0v) is 14.2. The first-order chi connectivity index (χ1) is 11.7. The van der Waals surface area contributed by atoms with Crippen LogP contribution in [-0.4, -0.2) is 22.3 Å². The van der Waals surface area contributed by atoms with Crippen LogP contribution in [0.5, 0.6) is 0 Å². The molecule has 1 heterocycles. The van der Waals surface area contributed by atoms with Gasteiger partial charge in [0.15, 0.2) is 11.6 Å². The van der Waals surface area contributed by atoms with Crippen molar-refractivity contribution in [3.8, 4) is 11.4 Å². The van der Waals surface area contributed by atoms with Crippen LogP contribution in [0, 0.1) is 5.92 Å². The second kappa shape index (κ2) is 7.25. The van der Waals surface area contributed by atoms with Crippen LogP contribution in [0.4, 0.5) is 11.5 Å². The Morgan fingerprint density at radius 2 is 2.08 bits per heavy atom. The Kier molecular flexibility index (Phi) is 4.89. The molecule has 124 valence electrons. The van der Waals surface area contributed by atoms with Crippen molar-refractivity contribution in [3.05, 3.63) is 48.2 Å². The molecule has 3 rings (SSSR count). The van der Waals surface area contributed by atoms with Crippen LogP contribution in [0.15, 0.2) is 53.2 Å². The highest BCUT2D eigenvalue weighted by Gasteiger charge is 2.23. The molecule has 5 nitrogen and oxygen atoms in total. The monoisotopic (exact) mass is 321 g/mol. The van der Waals surface area contributed by atoms with E-state index in [2.05, 4.69) is 33.3 Å². The Labute approximate surface area is 142 Å². The van der Waals surface area contributed by atoms with E-state index in [0.29, 0.717) is 29.8 Å². The summed E-state index contributed by atoms with van der Waals surface area (Å²) >= 11 is 0. The van der Waals surface area contributed by atoms with Gasteiger partial charge in [-0.1, -0.05) is 35.9 Å². The number of aliphatic imine (C=N–C) groups is 1. The molecular formula is C19H23N5. The molecular weight excluding hydrogens is 298 g/mol. The Hall–Kier alpha value is -2.69. The maximum absolute atomic E-state index is 6.05. The number of nitrogens with two attached hydrogens (primary N) is 1. The Morgan fingerprint density at radius 3 is 2.75 bits per heavy atom. The molecule has 0 unspecified atom stereocenters. The highest BCUT2D eigenvalue weighted by molar-refractivity contribution is 6.05. The fourth-order valence-corrected chi connectivity index (χ4v) is 2.50. The van der Waals surface area contributed by atoms with Crippen molar-refractivity contribution < 1.29 is 0 Å². The number of amidine groups is 1. The van der Waals surface area contributed by atoms with E-state index in [1.807, 2.05) is 37.3 Å². The Morgan fingerprint density at radius 1 is 1.33 bits per heavy atom. The predicted molar refractivity (Wildman–Crippen MR) is 100.0 cm³/mol. The second-order valence-electron chi connectivity index (χ2n) is 6.01. The average Bonchev–Trinajstić information content (AvgIpc) is 3.43. The molecule has 24 heavy (non-hydrogen) atoms. The summed E-state index contributed by atoms with van der Waals surface area (Å²) in [5, 5.41) is 3.27. The SMILES string of the molecule is CCN=C(/C=C(\C)C1CC1)Nc1nc(-c2ccccc2)ncc1N. The molecule has 5 heteroatoms. The van der Waals surface area contributed by atoms with Gasteiger partial charge in [-0.3, -0.25) is 4.99 Å². The van der Waals surface area contributed by atoms with Gasteiger partial charge in [-0.15, -0.1) is 0 Å². The van der Waals surface area contributed by atoms with E-state index < -0.39 is 0 Å². The van der Waals surface area contributed by atoms with E-state index in [4.69, 9.17) is 5.73 Å². The van der Waals surface area contributed by atoms with Gasteiger partial charge in [-0.2, -0.15) is 0 Å². The van der Waals surface area contributed by atoms with Gasteiger partial charge in [0.2, 0.25) is 0 Å². The number of nitrogens with zero attached hydrogens (tertiary/aromatic N) is 3. The fourth-order valence-electron chi connectivity index (χ4n) is 2.50. The summed E-state index contributed by atoms with van der Waals surface area (Å²) in [4.78, 5) is 13.4. The van der Waals surface area contributed by atoms with Gasteiger partial charge in [-0.25, -0.2) is 9.97 Å². The first-order valence-electron chi connectivity index (χ1n) is 8.35. The van der Waals surface area contributed by atoms with Gasteiger partial charge in [0.25, 0.3) is 0 Å². The average molecular weight is 321 g/mol. The molecule has 3 N–H and O–H groups in total. The van der Waals surface area contributed by atoms with Gasteiger partial charge in [0.05, 0.1) is 11.9 Å². The number of aromatic nitrogens is 2. The number of benzene rings is 1. The van der Waals surface area contributed by atoms with Crippen molar-refractivity contribution in [2.75, 3.05) is 17.6 Å². The Bertz CT molecular complexity index is 761. The van der Waals surface area contributed by atoms with Gasteiger partial charge in [0, 0.05) is 12.1 Å². The van der Waals surface area contributed by atoms with Crippen LogP contribution < -0.4 is 11.1 Å². The number of rotatable bonds is 5.